The van der Waals surface area contributed by atoms with E-state index in [1.54, 1.807) is 6.07 Å². The van der Waals surface area contributed by atoms with Crippen molar-refractivity contribution in [3.8, 4) is 5.75 Å². The maximum absolute atomic E-state index is 12.6. The third kappa shape index (κ3) is 3.14. The van der Waals surface area contributed by atoms with Crippen molar-refractivity contribution in [2.45, 2.75) is 6.54 Å². The summed E-state index contributed by atoms with van der Waals surface area (Å²) in [5, 5.41) is 10.6. The molecule has 9 heteroatoms. The van der Waals surface area contributed by atoms with Crippen molar-refractivity contribution in [1.29, 1.82) is 0 Å². The van der Waals surface area contributed by atoms with Crippen LogP contribution in [-0.4, -0.2) is 58.3 Å². The number of hydrogen-bond acceptors (Lipinski definition) is 6. The van der Waals surface area contributed by atoms with Gasteiger partial charge in [-0.2, -0.15) is 0 Å². The van der Waals surface area contributed by atoms with Crippen LogP contribution in [-0.2, 0) is 11.3 Å². The Balaban J connectivity index is 2.07. The highest BCUT2D eigenvalue weighted by Crippen LogP contribution is 2.27. The van der Waals surface area contributed by atoms with Gasteiger partial charge in [-0.15, -0.1) is 0 Å². The normalized spacial score (nSPS) is 15.7. The van der Waals surface area contributed by atoms with Gasteiger partial charge in [0.1, 0.15) is 17.0 Å². The number of fused-ring (bicyclic) bond motifs is 1. The molecule has 0 aromatic carbocycles. The van der Waals surface area contributed by atoms with Crippen molar-refractivity contribution in [2.24, 2.45) is 5.73 Å². The van der Waals surface area contributed by atoms with E-state index in [1.165, 1.54) is 10.8 Å². The Labute approximate surface area is 146 Å². The minimum Gasteiger partial charge on any atom is -0.506 e. The lowest BCUT2D eigenvalue weighted by atomic mass is 10.1. The van der Waals surface area contributed by atoms with Crippen LogP contribution in [0.5, 0.6) is 5.75 Å². The van der Waals surface area contributed by atoms with Crippen LogP contribution in [0.15, 0.2) is 21.5 Å². The summed E-state index contributed by atoms with van der Waals surface area (Å²) in [5.41, 5.74) is 4.56. The summed E-state index contributed by atoms with van der Waals surface area (Å²) < 4.78 is 7.31. The van der Waals surface area contributed by atoms with Gasteiger partial charge < -0.3 is 15.6 Å². The van der Waals surface area contributed by atoms with E-state index < -0.39 is 22.8 Å². The smallest absolute Gasteiger partial charge is 0.268 e. The predicted octanol–water partition coefficient (Wildman–Crippen LogP) is 0.296. The summed E-state index contributed by atoms with van der Waals surface area (Å²) in [6.07, 6.45) is 1.54. The number of carbonyl (C=O) groups excluding carboxylic acids is 1. The van der Waals surface area contributed by atoms with E-state index in [9.17, 15) is 14.7 Å². The molecule has 2 aromatic heterocycles. The second-order valence-electron chi connectivity index (χ2n) is 5.52. The lowest BCUT2D eigenvalue weighted by Gasteiger charge is -2.27. The van der Waals surface area contributed by atoms with Gasteiger partial charge in [0.2, 0.25) is 0 Å². The lowest BCUT2D eigenvalue weighted by molar-refractivity contribution is 0.0364. The summed E-state index contributed by atoms with van der Waals surface area (Å²) >= 11 is 3.27. The number of morpholine rings is 1. The van der Waals surface area contributed by atoms with E-state index >= 15 is 0 Å². The zero-order valence-electron chi connectivity index (χ0n) is 12.9. The molecular formula is C15H17BrN4O4. The van der Waals surface area contributed by atoms with E-state index in [1.807, 2.05) is 0 Å². The van der Waals surface area contributed by atoms with Crippen molar-refractivity contribution in [3.63, 3.8) is 0 Å². The van der Waals surface area contributed by atoms with Gasteiger partial charge in [0.05, 0.1) is 18.6 Å². The Kier molecular flexibility index (Phi) is 4.83. The number of ether oxygens (including phenoxy) is 1. The SMILES string of the molecule is NC(=O)c1c(O)c2cc(Br)cnc2n(CCN2CCOCC2)c1=O. The first kappa shape index (κ1) is 16.9. The van der Waals surface area contributed by atoms with E-state index in [0.717, 1.165) is 13.1 Å². The number of hydrogen-bond donors (Lipinski definition) is 2. The van der Waals surface area contributed by atoms with Crippen molar-refractivity contribution in [3.05, 3.63) is 32.7 Å². The van der Waals surface area contributed by atoms with Crippen molar-refractivity contribution in [1.82, 2.24) is 14.5 Å². The molecule has 0 radical (unpaired) electrons. The quantitative estimate of drug-likeness (QED) is 0.768. The number of nitrogens with zero attached hydrogens (tertiary/aromatic N) is 3. The molecule has 3 heterocycles. The first-order valence-corrected chi connectivity index (χ1v) is 8.29. The molecule has 128 valence electrons. The second-order valence-corrected chi connectivity index (χ2v) is 6.44. The topological polar surface area (TPSA) is 111 Å². The predicted molar refractivity (Wildman–Crippen MR) is 91.1 cm³/mol. The zero-order chi connectivity index (χ0) is 17.3. The molecule has 0 spiro atoms. The number of rotatable bonds is 4. The molecule has 1 aliphatic rings. The average Bonchev–Trinajstić information content (AvgIpc) is 2.56. The Morgan fingerprint density at radius 3 is 2.75 bits per heavy atom. The molecule has 0 atom stereocenters. The fourth-order valence-electron chi connectivity index (χ4n) is 2.78. The number of aromatic nitrogens is 2. The van der Waals surface area contributed by atoms with Crippen molar-refractivity contribution in [2.75, 3.05) is 32.8 Å². The fourth-order valence-corrected chi connectivity index (χ4v) is 3.12. The highest BCUT2D eigenvalue weighted by Gasteiger charge is 2.22. The van der Waals surface area contributed by atoms with Crippen molar-refractivity contribution >= 4 is 32.9 Å². The molecule has 3 rings (SSSR count). The monoisotopic (exact) mass is 396 g/mol. The molecule has 0 unspecified atom stereocenters. The van der Waals surface area contributed by atoms with Gasteiger partial charge in [-0.1, -0.05) is 0 Å². The van der Waals surface area contributed by atoms with Crippen LogP contribution in [0.25, 0.3) is 11.0 Å². The van der Waals surface area contributed by atoms with Gasteiger partial charge in [0.15, 0.2) is 0 Å². The number of aromatic hydroxyl groups is 1. The van der Waals surface area contributed by atoms with Gasteiger partial charge in [-0.3, -0.25) is 19.1 Å². The van der Waals surface area contributed by atoms with Gasteiger partial charge in [0.25, 0.3) is 11.5 Å². The van der Waals surface area contributed by atoms with E-state index in [2.05, 4.69) is 25.8 Å². The molecule has 0 aliphatic carbocycles. The average molecular weight is 397 g/mol. The minimum absolute atomic E-state index is 0.305. The van der Waals surface area contributed by atoms with Crippen molar-refractivity contribution < 1.29 is 14.6 Å². The third-order valence-corrected chi connectivity index (χ3v) is 4.46. The first-order chi connectivity index (χ1) is 11.5. The third-order valence-electron chi connectivity index (χ3n) is 4.03. The highest BCUT2D eigenvalue weighted by atomic mass is 79.9. The zero-order valence-corrected chi connectivity index (χ0v) is 14.5. The highest BCUT2D eigenvalue weighted by molar-refractivity contribution is 9.10. The molecule has 24 heavy (non-hydrogen) atoms. The molecule has 1 aliphatic heterocycles. The van der Waals surface area contributed by atoms with Crippen LogP contribution in [0.1, 0.15) is 10.4 Å². The molecule has 0 saturated carbocycles. The van der Waals surface area contributed by atoms with Crippen LogP contribution in [0.3, 0.4) is 0 Å². The molecule has 8 nitrogen and oxygen atoms in total. The van der Waals surface area contributed by atoms with Gasteiger partial charge >= 0.3 is 0 Å². The van der Waals surface area contributed by atoms with E-state index in [0.29, 0.717) is 41.8 Å². The Bertz CT molecular complexity index is 845. The lowest BCUT2D eigenvalue weighted by Crippen LogP contribution is -2.40. The van der Waals surface area contributed by atoms with Gasteiger partial charge in [0, 0.05) is 36.8 Å². The molecule has 1 saturated heterocycles. The summed E-state index contributed by atoms with van der Waals surface area (Å²) in [6.45, 7) is 3.83. The molecule has 2 aromatic rings. The van der Waals surface area contributed by atoms with Crippen LogP contribution in [0.2, 0.25) is 0 Å². The number of amides is 1. The summed E-state index contributed by atoms with van der Waals surface area (Å²) in [7, 11) is 0. The summed E-state index contributed by atoms with van der Waals surface area (Å²) in [5.74, 6) is -1.39. The number of primary amides is 1. The number of nitrogens with two attached hydrogens (primary N) is 1. The number of halogens is 1. The first-order valence-electron chi connectivity index (χ1n) is 7.50. The number of pyridine rings is 2. The Hall–Kier alpha value is -1.97. The summed E-state index contributed by atoms with van der Waals surface area (Å²) in [4.78, 5) is 30.6. The molecule has 0 bridgehead atoms. The van der Waals surface area contributed by atoms with Crippen LogP contribution in [0, 0.1) is 0 Å². The molecular weight excluding hydrogens is 380 g/mol. The number of carbonyl (C=O) groups is 1. The second kappa shape index (κ2) is 6.88. The van der Waals surface area contributed by atoms with Gasteiger partial charge in [-0.25, -0.2) is 4.98 Å². The standard InChI is InChI=1S/C15H17BrN4O4/c16-9-7-10-12(21)11(13(17)22)15(23)20(14(10)18-8-9)2-1-19-3-5-24-6-4-19/h7-8,21H,1-6H2,(H2,17,22). The van der Waals surface area contributed by atoms with Crippen LogP contribution < -0.4 is 11.3 Å². The summed E-state index contributed by atoms with van der Waals surface area (Å²) in [6, 6.07) is 1.61. The van der Waals surface area contributed by atoms with E-state index in [-0.39, 0.29) is 0 Å². The largest absolute Gasteiger partial charge is 0.506 e. The van der Waals surface area contributed by atoms with Crippen LogP contribution in [0.4, 0.5) is 0 Å². The molecule has 3 N–H and O–H groups in total. The molecule has 1 amide bonds. The van der Waals surface area contributed by atoms with Gasteiger partial charge in [-0.05, 0) is 22.0 Å². The minimum atomic E-state index is -0.959. The maximum atomic E-state index is 12.6. The fraction of sp³-hybridized carbons (Fsp3) is 0.400. The Morgan fingerprint density at radius 1 is 1.38 bits per heavy atom. The maximum Gasteiger partial charge on any atom is 0.268 e. The van der Waals surface area contributed by atoms with Crippen LogP contribution >= 0.6 is 15.9 Å². The Morgan fingerprint density at radius 2 is 2.08 bits per heavy atom. The molecule has 1 fully saturated rings. The van der Waals surface area contributed by atoms with E-state index in [4.69, 9.17) is 10.5 Å².